The monoisotopic (exact) mass is 240 g/mol. The molecule has 0 fully saturated rings. The number of nitrogens with one attached hydrogen (secondary N) is 1. The van der Waals surface area contributed by atoms with E-state index >= 15 is 0 Å². The lowest BCUT2D eigenvalue weighted by Crippen LogP contribution is -2.02. The van der Waals surface area contributed by atoms with E-state index in [4.69, 9.17) is 5.73 Å². The van der Waals surface area contributed by atoms with Crippen molar-refractivity contribution in [2.45, 2.75) is 6.42 Å². The molecule has 7 heteroatoms. The molecule has 0 amide bonds. The molecule has 0 atom stereocenters. The predicted octanol–water partition coefficient (Wildman–Crippen LogP) is 0.197. The molecule has 8 N–H and O–H groups in total. The third-order valence-corrected chi connectivity index (χ3v) is 2.62. The van der Waals surface area contributed by atoms with Gasteiger partial charge >= 0.3 is 0 Å². The van der Waals surface area contributed by atoms with E-state index in [9.17, 15) is 25.5 Å². The largest absolute Gasteiger partial charge is 0.504 e. The Morgan fingerprint density at radius 1 is 0.882 bits per heavy atom. The number of aromatic amines is 1. The van der Waals surface area contributed by atoms with Crippen LogP contribution in [0.25, 0.3) is 10.9 Å². The summed E-state index contributed by atoms with van der Waals surface area (Å²) in [5, 5.41) is 47.6. The van der Waals surface area contributed by atoms with E-state index in [1.54, 1.807) is 0 Å². The van der Waals surface area contributed by atoms with Crippen LogP contribution in [-0.4, -0.2) is 37.1 Å². The molecule has 0 bridgehead atoms. The van der Waals surface area contributed by atoms with Gasteiger partial charge < -0.3 is 36.3 Å². The first kappa shape index (κ1) is 11.2. The Hall–Kier alpha value is -2.28. The van der Waals surface area contributed by atoms with E-state index < -0.39 is 23.0 Å². The van der Waals surface area contributed by atoms with Crippen LogP contribution in [0.2, 0.25) is 0 Å². The molecule has 0 aliphatic carbocycles. The number of hydrogen-bond donors (Lipinski definition) is 7. The van der Waals surface area contributed by atoms with Crippen molar-refractivity contribution >= 4 is 10.9 Å². The fourth-order valence-corrected chi connectivity index (χ4v) is 1.81. The maximum Gasteiger partial charge on any atom is 0.206 e. The van der Waals surface area contributed by atoms with Gasteiger partial charge in [-0.3, -0.25) is 0 Å². The van der Waals surface area contributed by atoms with Crippen LogP contribution in [-0.2, 0) is 6.42 Å². The highest BCUT2D eigenvalue weighted by Gasteiger charge is 2.23. The lowest BCUT2D eigenvalue weighted by Gasteiger charge is -2.06. The van der Waals surface area contributed by atoms with Crippen molar-refractivity contribution in [3.8, 4) is 28.9 Å². The van der Waals surface area contributed by atoms with Crippen molar-refractivity contribution in [2.75, 3.05) is 6.54 Å². The fraction of sp³-hybridized carbons (Fsp3) is 0.200. The molecular weight excluding hydrogens is 228 g/mol. The number of phenolic OH excluding ortho intramolecular Hbond substituents is 4. The highest BCUT2D eigenvalue weighted by atomic mass is 16.3. The van der Waals surface area contributed by atoms with E-state index in [-0.39, 0.29) is 35.3 Å². The lowest BCUT2D eigenvalue weighted by atomic mass is 10.1. The van der Waals surface area contributed by atoms with Crippen molar-refractivity contribution in [3.05, 3.63) is 5.56 Å². The van der Waals surface area contributed by atoms with Crippen LogP contribution in [0.3, 0.4) is 0 Å². The second kappa shape index (κ2) is 3.63. The fourth-order valence-electron chi connectivity index (χ4n) is 1.81. The average molecular weight is 240 g/mol. The number of aromatic nitrogens is 1. The first-order valence-electron chi connectivity index (χ1n) is 4.88. The van der Waals surface area contributed by atoms with Gasteiger partial charge in [0.05, 0.1) is 10.9 Å². The Labute approximate surface area is 95.4 Å². The van der Waals surface area contributed by atoms with Gasteiger partial charge in [0.2, 0.25) is 11.5 Å². The number of hydrogen-bond acceptors (Lipinski definition) is 6. The molecule has 0 aliphatic heterocycles. The maximum absolute atomic E-state index is 9.69. The molecule has 0 unspecified atom stereocenters. The van der Waals surface area contributed by atoms with E-state index in [1.165, 1.54) is 0 Å². The summed E-state index contributed by atoms with van der Waals surface area (Å²) in [5.74, 6) is -3.23. The number of aromatic hydroxyl groups is 5. The maximum atomic E-state index is 9.69. The van der Waals surface area contributed by atoms with Gasteiger partial charge in [-0.05, 0) is 13.0 Å². The third kappa shape index (κ3) is 1.40. The number of fused-ring (bicyclic) bond motifs is 1. The lowest BCUT2D eigenvalue weighted by molar-refractivity contribution is 0.350. The molecule has 17 heavy (non-hydrogen) atoms. The van der Waals surface area contributed by atoms with Crippen molar-refractivity contribution < 1.29 is 25.5 Å². The number of benzene rings is 1. The van der Waals surface area contributed by atoms with Crippen LogP contribution in [0, 0.1) is 0 Å². The van der Waals surface area contributed by atoms with Crippen LogP contribution in [0.15, 0.2) is 0 Å². The number of phenols is 4. The molecule has 2 rings (SSSR count). The molecule has 7 nitrogen and oxygen atoms in total. The quantitative estimate of drug-likeness (QED) is 0.295. The van der Waals surface area contributed by atoms with Gasteiger partial charge in [0, 0.05) is 5.56 Å². The van der Waals surface area contributed by atoms with E-state index in [0.717, 1.165) is 0 Å². The van der Waals surface area contributed by atoms with E-state index in [2.05, 4.69) is 4.98 Å². The molecule has 92 valence electrons. The minimum atomic E-state index is -0.851. The Balaban J connectivity index is 2.91. The normalized spacial score (nSPS) is 11.1. The molecule has 0 radical (unpaired) electrons. The summed E-state index contributed by atoms with van der Waals surface area (Å²) < 4.78 is 0. The Morgan fingerprint density at radius 3 is 2.06 bits per heavy atom. The summed E-state index contributed by atoms with van der Waals surface area (Å²) in [6.07, 6.45) is 0.239. The molecule has 1 heterocycles. The number of H-pyrrole nitrogens is 1. The summed E-state index contributed by atoms with van der Waals surface area (Å²) in [6, 6.07) is 0. The van der Waals surface area contributed by atoms with Crippen molar-refractivity contribution in [2.24, 2.45) is 5.73 Å². The third-order valence-electron chi connectivity index (χ3n) is 2.62. The van der Waals surface area contributed by atoms with Crippen LogP contribution in [0.1, 0.15) is 5.56 Å². The van der Waals surface area contributed by atoms with Gasteiger partial charge in [0.25, 0.3) is 0 Å². The molecule has 1 aromatic carbocycles. The van der Waals surface area contributed by atoms with Crippen LogP contribution < -0.4 is 5.73 Å². The summed E-state index contributed by atoms with van der Waals surface area (Å²) in [7, 11) is 0. The van der Waals surface area contributed by atoms with Crippen LogP contribution in [0.5, 0.6) is 28.9 Å². The zero-order valence-corrected chi connectivity index (χ0v) is 8.73. The van der Waals surface area contributed by atoms with Gasteiger partial charge in [-0.25, -0.2) is 0 Å². The zero-order valence-electron chi connectivity index (χ0n) is 8.73. The zero-order chi connectivity index (χ0) is 12.7. The van der Waals surface area contributed by atoms with Crippen LogP contribution >= 0.6 is 0 Å². The van der Waals surface area contributed by atoms with E-state index in [1.807, 2.05) is 0 Å². The van der Waals surface area contributed by atoms with Gasteiger partial charge in [-0.2, -0.15) is 0 Å². The summed E-state index contributed by atoms with van der Waals surface area (Å²) in [5.41, 5.74) is 5.57. The second-order valence-electron chi connectivity index (χ2n) is 3.64. The number of nitrogens with two attached hydrogens (primary N) is 1. The molecule has 0 spiro atoms. The molecule has 1 aromatic heterocycles. The minimum absolute atomic E-state index is 0.0424. The first-order valence-corrected chi connectivity index (χ1v) is 4.88. The highest BCUT2D eigenvalue weighted by molar-refractivity contribution is 5.99. The summed E-state index contributed by atoms with van der Waals surface area (Å²) >= 11 is 0. The minimum Gasteiger partial charge on any atom is -0.504 e. The Bertz CT molecular complexity index is 590. The van der Waals surface area contributed by atoms with Crippen molar-refractivity contribution in [3.63, 3.8) is 0 Å². The first-order chi connectivity index (χ1) is 7.99. The Morgan fingerprint density at radius 2 is 1.47 bits per heavy atom. The summed E-state index contributed by atoms with van der Waals surface area (Å²) in [6.45, 7) is 0.211. The summed E-state index contributed by atoms with van der Waals surface area (Å²) in [4.78, 5) is 2.41. The van der Waals surface area contributed by atoms with E-state index in [0.29, 0.717) is 0 Å². The second-order valence-corrected chi connectivity index (χ2v) is 3.64. The molecule has 2 aromatic rings. The van der Waals surface area contributed by atoms with Crippen molar-refractivity contribution in [1.29, 1.82) is 0 Å². The standard InChI is InChI=1S/C10H12N2O5/c11-2-1-3-4-5(12-10(3)17)7(14)9(16)8(15)6(4)13/h12-17H,1-2,11H2. The van der Waals surface area contributed by atoms with Gasteiger partial charge in [0.1, 0.15) is 0 Å². The Kier molecular flexibility index (Phi) is 2.40. The van der Waals surface area contributed by atoms with Crippen molar-refractivity contribution in [1.82, 2.24) is 4.98 Å². The highest BCUT2D eigenvalue weighted by Crippen LogP contribution is 2.50. The van der Waals surface area contributed by atoms with Crippen LogP contribution in [0.4, 0.5) is 0 Å². The smallest absolute Gasteiger partial charge is 0.206 e. The number of rotatable bonds is 2. The topological polar surface area (TPSA) is 143 Å². The SMILES string of the molecule is NCCc1c(O)[nH]c2c(O)c(O)c(O)c(O)c12. The molecule has 0 saturated heterocycles. The molecule has 0 saturated carbocycles. The molecule has 0 aliphatic rings. The average Bonchev–Trinajstić information content (AvgIpc) is 2.62. The molecular formula is C10H12N2O5. The van der Waals surface area contributed by atoms with Gasteiger partial charge in [-0.1, -0.05) is 0 Å². The van der Waals surface area contributed by atoms with Gasteiger partial charge in [-0.15, -0.1) is 0 Å². The predicted molar refractivity (Wildman–Crippen MR) is 59.4 cm³/mol. The van der Waals surface area contributed by atoms with Gasteiger partial charge in [0.15, 0.2) is 17.4 Å².